The summed E-state index contributed by atoms with van der Waals surface area (Å²) in [6, 6.07) is 5.77. The molecule has 2 amide bonds. The maximum Gasteiger partial charge on any atom is 0.410 e. The highest BCUT2D eigenvalue weighted by Crippen LogP contribution is 2.28. The first kappa shape index (κ1) is 29.9. The lowest BCUT2D eigenvalue weighted by molar-refractivity contribution is 0.0282. The molecule has 0 radical (unpaired) electrons. The number of methoxy groups -OCH3 is 1. The van der Waals surface area contributed by atoms with Crippen molar-refractivity contribution in [2.24, 2.45) is 11.8 Å². The molecule has 8 nitrogen and oxygen atoms in total. The lowest BCUT2D eigenvalue weighted by Gasteiger charge is -2.31. The molecule has 2 atom stereocenters. The van der Waals surface area contributed by atoms with Crippen molar-refractivity contribution >= 4 is 12.0 Å². The first-order valence-electron chi connectivity index (χ1n) is 13.2. The zero-order valence-electron chi connectivity index (χ0n) is 23.6. The Bertz CT molecular complexity index is 852. The summed E-state index contributed by atoms with van der Waals surface area (Å²) in [6.45, 7) is 15.5. The Morgan fingerprint density at radius 1 is 1.17 bits per heavy atom. The van der Waals surface area contributed by atoms with Crippen molar-refractivity contribution in [1.82, 2.24) is 15.1 Å². The average molecular weight is 506 g/mol. The van der Waals surface area contributed by atoms with Gasteiger partial charge in [-0.15, -0.1) is 0 Å². The number of carbonyl (C=O) groups is 2. The van der Waals surface area contributed by atoms with Crippen LogP contribution in [-0.4, -0.2) is 87.0 Å². The Balaban J connectivity index is 2.19. The van der Waals surface area contributed by atoms with Crippen molar-refractivity contribution in [3.05, 3.63) is 29.3 Å². The molecule has 8 heteroatoms. The zero-order chi connectivity index (χ0) is 26.9. The van der Waals surface area contributed by atoms with Gasteiger partial charge in [0.05, 0.1) is 6.61 Å². The molecule has 1 aliphatic rings. The molecule has 0 saturated carbocycles. The van der Waals surface area contributed by atoms with E-state index < -0.39 is 5.60 Å². The second kappa shape index (κ2) is 13.8. The first-order chi connectivity index (χ1) is 17.0. The second-order valence-electron chi connectivity index (χ2n) is 10.9. The molecule has 0 bridgehead atoms. The van der Waals surface area contributed by atoms with Crippen molar-refractivity contribution in [3.8, 4) is 5.75 Å². The normalized spacial score (nSPS) is 18.0. The van der Waals surface area contributed by atoms with Crippen LogP contribution >= 0.6 is 0 Å². The molecular weight excluding hydrogens is 458 g/mol. The standard InChI is InChI=1S/C28H47N3O5/c1-9-21-11-12-22(15-25(21)35-14-10-13-34-8)26(32)31(20(2)3)19-24-18-30(17-23(24)16-29-7)27(33)36-28(4,5)6/h11-12,15,20,23-24,29H,9-10,13-14,16-19H2,1-8H3/t23-,24+/m1/s1. The molecule has 204 valence electrons. The summed E-state index contributed by atoms with van der Waals surface area (Å²) in [5.41, 5.74) is 1.16. The number of ether oxygens (including phenoxy) is 3. The molecule has 1 aliphatic heterocycles. The van der Waals surface area contributed by atoms with E-state index in [1.165, 1.54) is 0 Å². The highest BCUT2D eigenvalue weighted by atomic mass is 16.6. The highest BCUT2D eigenvalue weighted by Gasteiger charge is 2.38. The summed E-state index contributed by atoms with van der Waals surface area (Å²) in [5.74, 6) is 1.12. The molecule has 0 unspecified atom stereocenters. The lowest BCUT2D eigenvalue weighted by Crippen LogP contribution is -2.43. The molecule has 1 saturated heterocycles. The first-order valence-corrected chi connectivity index (χ1v) is 13.2. The fraction of sp³-hybridized carbons (Fsp3) is 0.714. The van der Waals surface area contributed by atoms with Gasteiger partial charge in [0.15, 0.2) is 0 Å². The van der Waals surface area contributed by atoms with Gasteiger partial charge in [-0.2, -0.15) is 0 Å². The predicted octanol–water partition coefficient (Wildman–Crippen LogP) is 4.22. The third-order valence-electron chi connectivity index (χ3n) is 6.46. The van der Waals surface area contributed by atoms with E-state index in [-0.39, 0.29) is 29.9 Å². The molecule has 36 heavy (non-hydrogen) atoms. The van der Waals surface area contributed by atoms with Crippen LogP contribution < -0.4 is 10.1 Å². The van der Waals surface area contributed by atoms with E-state index in [0.29, 0.717) is 38.4 Å². The van der Waals surface area contributed by atoms with E-state index in [4.69, 9.17) is 14.2 Å². The fourth-order valence-corrected chi connectivity index (χ4v) is 4.56. The van der Waals surface area contributed by atoms with E-state index in [1.54, 1.807) is 12.0 Å². The van der Waals surface area contributed by atoms with Gasteiger partial charge in [-0.3, -0.25) is 4.79 Å². The van der Waals surface area contributed by atoms with Crippen LogP contribution in [0.1, 0.15) is 63.9 Å². The minimum Gasteiger partial charge on any atom is -0.493 e. The van der Waals surface area contributed by atoms with Crippen molar-refractivity contribution < 1.29 is 23.8 Å². The number of amides is 2. The van der Waals surface area contributed by atoms with Crippen molar-refractivity contribution in [3.63, 3.8) is 0 Å². The van der Waals surface area contributed by atoms with Crippen LogP contribution in [0.25, 0.3) is 0 Å². The summed E-state index contributed by atoms with van der Waals surface area (Å²) < 4.78 is 16.7. The number of hydrogen-bond acceptors (Lipinski definition) is 6. The number of hydrogen-bond donors (Lipinski definition) is 1. The van der Waals surface area contributed by atoms with Gasteiger partial charge in [-0.25, -0.2) is 4.79 Å². The molecular formula is C28H47N3O5. The maximum atomic E-state index is 13.7. The summed E-state index contributed by atoms with van der Waals surface area (Å²) in [7, 11) is 3.59. The maximum absolute atomic E-state index is 13.7. The van der Waals surface area contributed by atoms with Crippen LogP contribution in [0.5, 0.6) is 5.75 Å². The summed E-state index contributed by atoms with van der Waals surface area (Å²) >= 11 is 0. The van der Waals surface area contributed by atoms with Crippen LogP contribution in [0, 0.1) is 11.8 Å². The van der Waals surface area contributed by atoms with E-state index in [2.05, 4.69) is 12.2 Å². The van der Waals surface area contributed by atoms with Gasteiger partial charge in [0.2, 0.25) is 0 Å². The van der Waals surface area contributed by atoms with Gasteiger partial charge >= 0.3 is 6.09 Å². The number of carbonyl (C=O) groups excluding carboxylic acids is 2. The van der Waals surface area contributed by atoms with Crippen LogP contribution in [0.4, 0.5) is 4.79 Å². The smallest absolute Gasteiger partial charge is 0.410 e. The van der Waals surface area contributed by atoms with E-state index >= 15 is 0 Å². The van der Waals surface area contributed by atoms with Gasteiger partial charge in [0.25, 0.3) is 5.91 Å². The van der Waals surface area contributed by atoms with Crippen molar-refractivity contribution in [2.45, 2.75) is 66.0 Å². The number of aryl methyl sites for hydroxylation is 1. The topological polar surface area (TPSA) is 80.3 Å². The SMILES string of the molecule is CCc1ccc(C(=O)N(C[C@@H]2CN(C(=O)OC(C)(C)C)C[C@H]2CNC)C(C)C)cc1OCCCOC. The van der Waals surface area contributed by atoms with Crippen molar-refractivity contribution in [1.29, 1.82) is 0 Å². The number of rotatable bonds is 12. The van der Waals surface area contributed by atoms with Gasteiger partial charge in [-0.05, 0) is 84.2 Å². The Hall–Kier alpha value is -2.32. The van der Waals surface area contributed by atoms with Gasteiger partial charge in [0, 0.05) is 51.4 Å². The number of nitrogens with zero attached hydrogens (tertiary/aromatic N) is 2. The molecule has 0 aliphatic carbocycles. The molecule has 1 N–H and O–H groups in total. The van der Waals surface area contributed by atoms with Crippen molar-refractivity contribution in [2.75, 3.05) is 53.6 Å². The van der Waals surface area contributed by atoms with Gasteiger partial charge in [-0.1, -0.05) is 13.0 Å². The lowest BCUT2D eigenvalue weighted by atomic mass is 9.94. The Kier molecular flexibility index (Phi) is 11.5. The van der Waals surface area contributed by atoms with Crippen LogP contribution in [0.3, 0.4) is 0 Å². The highest BCUT2D eigenvalue weighted by molar-refractivity contribution is 5.95. The number of benzene rings is 1. The third kappa shape index (κ3) is 8.66. The minimum absolute atomic E-state index is 0.0141. The van der Waals surface area contributed by atoms with Crippen LogP contribution in [-0.2, 0) is 15.9 Å². The van der Waals surface area contributed by atoms with E-state index in [9.17, 15) is 9.59 Å². The van der Waals surface area contributed by atoms with E-state index in [0.717, 1.165) is 30.7 Å². The molecule has 1 heterocycles. The largest absolute Gasteiger partial charge is 0.493 e. The Morgan fingerprint density at radius 3 is 2.44 bits per heavy atom. The Labute approximate surface area is 217 Å². The molecule has 1 aromatic carbocycles. The molecule has 0 aromatic heterocycles. The van der Waals surface area contributed by atoms with Gasteiger partial charge in [0.1, 0.15) is 11.4 Å². The zero-order valence-corrected chi connectivity index (χ0v) is 23.6. The summed E-state index contributed by atoms with van der Waals surface area (Å²) in [4.78, 5) is 30.1. The molecule has 1 fully saturated rings. The monoisotopic (exact) mass is 505 g/mol. The minimum atomic E-state index is -0.540. The second-order valence-corrected chi connectivity index (χ2v) is 10.9. The predicted molar refractivity (Wildman–Crippen MR) is 143 cm³/mol. The molecule has 1 aromatic rings. The van der Waals surface area contributed by atoms with Crippen LogP contribution in [0.2, 0.25) is 0 Å². The quantitative estimate of drug-likeness (QED) is 0.429. The number of nitrogens with one attached hydrogen (secondary N) is 1. The van der Waals surface area contributed by atoms with Gasteiger partial charge < -0.3 is 29.3 Å². The number of likely N-dealkylation sites (tertiary alicyclic amines) is 1. The average Bonchev–Trinajstić information content (AvgIpc) is 3.21. The van der Waals surface area contributed by atoms with E-state index in [1.807, 2.05) is 64.8 Å². The molecule has 2 rings (SSSR count). The summed E-state index contributed by atoms with van der Waals surface area (Å²) in [5, 5.41) is 3.25. The third-order valence-corrected chi connectivity index (χ3v) is 6.46. The Morgan fingerprint density at radius 2 is 1.86 bits per heavy atom. The van der Waals surface area contributed by atoms with Crippen LogP contribution in [0.15, 0.2) is 18.2 Å². The molecule has 0 spiro atoms. The fourth-order valence-electron chi connectivity index (χ4n) is 4.56. The summed E-state index contributed by atoms with van der Waals surface area (Å²) in [6.07, 6.45) is 1.33.